The molecule has 0 spiro atoms. The van der Waals surface area contributed by atoms with Crippen molar-refractivity contribution in [2.45, 2.75) is 46.5 Å². The molecule has 0 aliphatic carbocycles. The van der Waals surface area contributed by atoms with Crippen molar-refractivity contribution in [3.05, 3.63) is 12.3 Å². The quantitative estimate of drug-likeness (QED) is 0.576. The number of rotatable bonds is 7. The molecule has 0 heterocycles. The molecule has 0 aromatic rings. The predicted octanol–water partition coefficient (Wildman–Crippen LogP) is 3.33. The van der Waals surface area contributed by atoms with Crippen molar-refractivity contribution in [1.29, 1.82) is 0 Å². The minimum Gasteiger partial charge on any atom is -0.389 e. The molecular weight excluding hydrogens is 146 g/mol. The molecule has 0 unspecified atom stereocenters. The highest BCUT2D eigenvalue weighted by atomic mass is 14.9. The van der Waals surface area contributed by atoms with Crippen LogP contribution >= 0.6 is 0 Å². The summed E-state index contributed by atoms with van der Waals surface area (Å²) in [5.74, 6) is 0.566. The number of hydrogen-bond donors (Lipinski definition) is 1. The highest BCUT2D eigenvalue weighted by Crippen LogP contribution is 2.03. The summed E-state index contributed by atoms with van der Waals surface area (Å²) in [6, 6.07) is 0. The van der Waals surface area contributed by atoms with Crippen molar-refractivity contribution >= 4 is 0 Å². The van der Waals surface area contributed by atoms with Crippen LogP contribution in [0.25, 0.3) is 0 Å². The van der Waals surface area contributed by atoms with Gasteiger partial charge in [0, 0.05) is 12.2 Å². The molecule has 1 heteroatoms. The summed E-state index contributed by atoms with van der Waals surface area (Å²) in [4.78, 5) is 0. The van der Waals surface area contributed by atoms with Gasteiger partial charge in [-0.2, -0.15) is 0 Å². The fourth-order valence-corrected chi connectivity index (χ4v) is 1.00. The van der Waals surface area contributed by atoms with Crippen LogP contribution in [-0.2, 0) is 0 Å². The van der Waals surface area contributed by atoms with E-state index >= 15 is 0 Å². The first-order chi connectivity index (χ1) is 5.68. The molecule has 0 aliphatic rings. The Labute approximate surface area is 77.2 Å². The van der Waals surface area contributed by atoms with E-state index in [4.69, 9.17) is 0 Å². The van der Waals surface area contributed by atoms with E-state index in [1.165, 1.54) is 31.4 Å². The van der Waals surface area contributed by atoms with Gasteiger partial charge in [0.2, 0.25) is 0 Å². The van der Waals surface area contributed by atoms with Gasteiger partial charge in [-0.05, 0) is 12.3 Å². The Morgan fingerprint density at radius 2 is 1.92 bits per heavy atom. The molecule has 0 aromatic carbocycles. The maximum Gasteiger partial charge on any atom is 0.0143 e. The van der Waals surface area contributed by atoms with Gasteiger partial charge in [0.1, 0.15) is 0 Å². The molecule has 1 nitrogen and oxygen atoms in total. The number of unbranched alkanes of at least 4 members (excludes halogenated alkanes) is 3. The first-order valence-corrected chi connectivity index (χ1v) is 5.11. The van der Waals surface area contributed by atoms with Crippen LogP contribution in [0, 0.1) is 5.92 Å². The molecular formula is C11H23N. The van der Waals surface area contributed by atoms with E-state index in [2.05, 4.69) is 32.7 Å². The minimum atomic E-state index is 0.566. The fourth-order valence-electron chi connectivity index (χ4n) is 1.00. The van der Waals surface area contributed by atoms with E-state index in [1.807, 2.05) is 0 Å². The standard InChI is InChI=1S/C11H23N/c1-5-6-7-8-9-12-11(4)10(2)3/h10,12H,4-9H2,1-3H3. The molecule has 0 saturated heterocycles. The Bertz CT molecular complexity index is 116. The van der Waals surface area contributed by atoms with Crippen molar-refractivity contribution in [3.63, 3.8) is 0 Å². The van der Waals surface area contributed by atoms with Gasteiger partial charge in [0.05, 0.1) is 0 Å². The molecule has 0 radical (unpaired) electrons. The lowest BCUT2D eigenvalue weighted by atomic mass is 10.1. The normalized spacial score (nSPS) is 10.3. The second-order valence-corrected chi connectivity index (χ2v) is 3.67. The average Bonchev–Trinajstić information content (AvgIpc) is 2.03. The van der Waals surface area contributed by atoms with Crippen LogP contribution in [0.4, 0.5) is 0 Å². The van der Waals surface area contributed by atoms with Crippen molar-refractivity contribution < 1.29 is 0 Å². The highest BCUT2D eigenvalue weighted by molar-refractivity contribution is 4.93. The molecule has 12 heavy (non-hydrogen) atoms. The SMILES string of the molecule is C=C(NCCCCCC)C(C)C. The minimum absolute atomic E-state index is 0.566. The molecule has 0 amide bonds. The third kappa shape index (κ3) is 6.26. The molecule has 1 N–H and O–H groups in total. The van der Waals surface area contributed by atoms with Crippen LogP contribution in [0.15, 0.2) is 12.3 Å². The van der Waals surface area contributed by atoms with Gasteiger partial charge in [0.25, 0.3) is 0 Å². The van der Waals surface area contributed by atoms with Crippen LogP contribution in [-0.4, -0.2) is 6.54 Å². The monoisotopic (exact) mass is 169 g/mol. The third-order valence-corrected chi connectivity index (χ3v) is 2.08. The lowest BCUT2D eigenvalue weighted by Crippen LogP contribution is -2.17. The lowest BCUT2D eigenvalue weighted by molar-refractivity contribution is 0.598. The summed E-state index contributed by atoms with van der Waals surface area (Å²) >= 11 is 0. The molecule has 72 valence electrons. The summed E-state index contributed by atoms with van der Waals surface area (Å²) in [6.07, 6.45) is 5.29. The van der Waals surface area contributed by atoms with Gasteiger partial charge in [-0.3, -0.25) is 0 Å². The van der Waals surface area contributed by atoms with Gasteiger partial charge in [0.15, 0.2) is 0 Å². The van der Waals surface area contributed by atoms with Crippen LogP contribution in [0.2, 0.25) is 0 Å². The molecule has 0 atom stereocenters. The molecule has 0 fully saturated rings. The lowest BCUT2D eigenvalue weighted by Gasteiger charge is -2.11. The largest absolute Gasteiger partial charge is 0.389 e. The van der Waals surface area contributed by atoms with E-state index in [-0.39, 0.29) is 0 Å². The van der Waals surface area contributed by atoms with Crippen molar-refractivity contribution in [3.8, 4) is 0 Å². The van der Waals surface area contributed by atoms with Crippen LogP contribution < -0.4 is 5.32 Å². The Hall–Kier alpha value is -0.460. The topological polar surface area (TPSA) is 12.0 Å². The first kappa shape index (κ1) is 11.5. The van der Waals surface area contributed by atoms with E-state index in [0.717, 1.165) is 6.54 Å². The number of hydrogen-bond acceptors (Lipinski definition) is 1. The zero-order valence-corrected chi connectivity index (χ0v) is 8.82. The zero-order chi connectivity index (χ0) is 9.40. The van der Waals surface area contributed by atoms with E-state index in [1.54, 1.807) is 0 Å². The average molecular weight is 169 g/mol. The Kier molecular flexibility index (Phi) is 6.93. The van der Waals surface area contributed by atoms with Gasteiger partial charge in [-0.1, -0.05) is 46.6 Å². The van der Waals surface area contributed by atoms with Crippen LogP contribution in [0.3, 0.4) is 0 Å². The van der Waals surface area contributed by atoms with Gasteiger partial charge < -0.3 is 5.32 Å². The maximum atomic E-state index is 3.96. The van der Waals surface area contributed by atoms with Crippen LogP contribution in [0.1, 0.15) is 46.5 Å². The van der Waals surface area contributed by atoms with E-state index < -0.39 is 0 Å². The first-order valence-electron chi connectivity index (χ1n) is 5.11. The Morgan fingerprint density at radius 1 is 1.25 bits per heavy atom. The summed E-state index contributed by atoms with van der Waals surface area (Å²) < 4.78 is 0. The summed E-state index contributed by atoms with van der Waals surface area (Å²) in [5, 5.41) is 3.35. The van der Waals surface area contributed by atoms with Gasteiger partial charge in [-0.25, -0.2) is 0 Å². The smallest absolute Gasteiger partial charge is 0.0143 e. The molecule has 0 bridgehead atoms. The number of nitrogens with one attached hydrogen (secondary N) is 1. The number of allylic oxidation sites excluding steroid dienone is 1. The summed E-state index contributed by atoms with van der Waals surface area (Å²) in [5.41, 5.74) is 1.17. The second-order valence-electron chi connectivity index (χ2n) is 3.67. The van der Waals surface area contributed by atoms with E-state index in [9.17, 15) is 0 Å². The Morgan fingerprint density at radius 3 is 2.42 bits per heavy atom. The van der Waals surface area contributed by atoms with Crippen LogP contribution in [0.5, 0.6) is 0 Å². The van der Waals surface area contributed by atoms with Crippen molar-refractivity contribution in [1.82, 2.24) is 5.32 Å². The predicted molar refractivity (Wildman–Crippen MR) is 56.1 cm³/mol. The molecule has 0 aromatic heterocycles. The third-order valence-electron chi connectivity index (χ3n) is 2.08. The molecule has 0 saturated carbocycles. The molecule has 0 aliphatic heterocycles. The molecule has 0 rings (SSSR count). The fraction of sp³-hybridized carbons (Fsp3) is 0.818. The highest BCUT2D eigenvalue weighted by Gasteiger charge is 1.97. The van der Waals surface area contributed by atoms with E-state index in [0.29, 0.717) is 5.92 Å². The summed E-state index contributed by atoms with van der Waals surface area (Å²) in [6.45, 7) is 11.6. The summed E-state index contributed by atoms with van der Waals surface area (Å²) in [7, 11) is 0. The van der Waals surface area contributed by atoms with Gasteiger partial charge >= 0.3 is 0 Å². The van der Waals surface area contributed by atoms with Gasteiger partial charge in [-0.15, -0.1) is 0 Å². The Balaban J connectivity index is 3.14. The second kappa shape index (κ2) is 7.20. The van der Waals surface area contributed by atoms with Crippen molar-refractivity contribution in [2.24, 2.45) is 5.92 Å². The zero-order valence-electron chi connectivity index (χ0n) is 8.82. The maximum absolute atomic E-state index is 3.96. The van der Waals surface area contributed by atoms with Crippen molar-refractivity contribution in [2.75, 3.05) is 6.54 Å².